The maximum atomic E-state index is 11.5. The summed E-state index contributed by atoms with van der Waals surface area (Å²) in [6.45, 7) is -0.0445. The molecule has 1 heterocycles. The Hall–Kier alpha value is -1.83. The van der Waals surface area contributed by atoms with Crippen molar-refractivity contribution in [2.45, 2.75) is 6.04 Å². The fourth-order valence-corrected chi connectivity index (χ4v) is 1.40. The molecular weight excluding hydrogens is 216 g/mol. The third kappa shape index (κ3) is 1.91. The van der Waals surface area contributed by atoms with E-state index in [0.717, 1.165) is 9.80 Å². The highest BCUT2D eigenvalue weighted by atomic mass is 16.3. The molecule has 0 bridgehead atoms. The number of nitrogens with one attached hydrogen (secondary N) is 1. The minimum Gasteiger partial charge on any atom is -0.392 e. The number of amidine groups is 1. The maximum absolute atomic E-state index is 11.5. The molecule has 2 N–H and O–H groups in total. The Labute approximate surface area is 91.5 Å². The summed E-state index contributed by atoms with van der Waals surface area (Å²) in [4.78, 5) is 38.3. The van der Waals surface area contributed by atoms with E-state index in [-0.39, 0.29) is 19.0 Å². The quantitative estimate of drug-likeness (QED) is 0.507. The highest BCUT2D eigenvalue weighted by Crippen LogP contribution is 2.10. The largest absolute Gasteiger partial charge is 0.417 e. The minimum atomic E-state index is -1.26. The van der Waals surface area contributed by atoms with Gasteiger partial charge in [-0.25, -0.2) is 9.69 Å². The lowest BCUT2D eigenvalue weighted by molar-refractivity contribution is -0.466. The third-order valence-electron chi connectivity index (χ3n) is 2.28. The van der Waals surface area contributed by atoms with E-state index in [0.29, 0.717) is 0 Å². The molecule has 1 aliphatic heterocycles. The van der Waals surface area contributed by atoms with Crippen LogP contribution in [0.15, 0.2) is 5.18 Å². The normalized spacial score (nSPS) is 24.2. The number of nitrogens with zero attached hydrogens (tertiary/aromatic N) is 3. The van der Waals surface area contributed by atoms with Gasteiger partial charge in [-0.2, -0.15) is 4.90 Å². The zero-order valence-corrected chi connectivity index (χ0v) is 9.01. The second kappa shape index (κ2) is 4.79. The first-order chi connectivity index (χ1) is 7.54. The van der Waals surface area contributed by atoms with E-state index in [1.54, 1.807) is 0 Å². The van der Waals surface area contributed by atoms with Crippen LogP contribution in [0.1, 0.15) is 0 Å². The number of hydrogen-bond donors (Lipinski definition) is 2. The second-order valence-electron chi connectivity index (χ2n) is 3.28. The van der Waals surface area contributed by atoms with Crippen LogP contribution in [0.25, 0.3) is 0 Å². The Morgan fingerprint density at radius 3 is 2.50 bits per heavy atom. The molecular formula is C8H13N4O4+. The number of aliphatic hydroxyl groups is 1. The number of carbonyl (C=O) groups excluding carboxylic acids is 2. The van der Waals surface area contributed by atoms with Crippen LogP contribution in [0, 0.1) is 4.91 Å². The van der Waals surface area contributed by atoms with Gasteiger partial charge in [0.2, 0.25) is 0 Å². The molecule has 0 saturated carbocycles. The van der Waals surface area contributed by atoms with Gasteiger partial charge in [0.1, 0.15) is 6.54 Å². The first-order valence-electron chi connectivity index (χ1n) is 4.64. The number of aliphatic hydroxyl groups excluding tert-OH is 1. The summed E-state index contributed by atoms with van der Waals surface area (Å²) in [7, 11) is 2.70. The lowest BCUT2D eigenvalue weighted by atomic mass is 10.2. The van der Waals surface area contributed by atoms with E-state index in [4.69, 9.17) is 5.11 Å². The molecule has 1 unspecified atom stereocenters. The lowest BCUT2D eigenvalue weighted by Crippen LogP contribution is -2.82. The Balaban J connectivity index is 3.08. The van der Waals surface area contributed by atoms with Crippen LogP contribution in [-0.4, -0.2) is 66.0 Å². The molecule has 1 rings (SSSR count). The molecule has 1 saturated heterocycles. The van der Waals surface area contributed by atoms with E-state index < -0.39 is 18.0 Å². The number of hydrogen-bond acceptors (Lipinski definition) is 5. The molecule has 0 aliphatic carbocycles. The predicted octanol–water partition coefficient (Wildman–Crippen LogP) is -2.88. The van der Waals surface area contributed by atoms with Gasteiger partial charge in [0.05, 0.1) is 13.7 Å². The van der Waals surface area contributed by atoms with Crippen molar-refractivity contribution in [1.82, 2.24) is 9.80 Å². The fraction of sp³-hybridized carbons (Fsp3) is 0.625. The van der Waals surface area contributed by atoms with Gasteiger partial charge in [-0.05, 0) is 5.18 Å². The zero-order chi connectivity index (χ0) is 12.3. The van der Waals surface area contributed by atoms with Crippen LogP contribution in [0.3, 0.4) is 0 Å². The van der Waals surface area contributed by atoms with Gasteiger partial charge in [-0.1, -0.05) is 0 Å². The zero-order valence-electron chi connectivity index (χ0n) is 9.01. The molecule has 0 spiro atoms. The number of carbonyl (C=O) groups is 2. The number of rotatable bonds is 3. The van der Waals surface area contributed by atoms with Crippen molar-refractivity contribution >= 4 is 17.8 Å². The van der Waals surface area contributed by atoms with Crippen molar-refractivity contribution in [2.75, 3.05) is 27.2 Å². The third-order valence-corrected chi connectivity index (χ3v) is 2.28. The first-order valence-corrected chi connectivity index (χ1v) is 4.64. The Morgan fingerprint density at radius 1 is 1.38 bits per heavy atom. The molecule has 1 aliphatic rings. The molecule has 16 heavy (non-hydrogen) atoms. The summed E-state index contributed by atoms with van der Waals surface area (Å²) in [5, 5.41) is 11.3. The molecule has 8 nitrogen and oxygen atoms in total. The highest BCUT2D eigenvalue weighted by Gasteiger charge is 2.47. The number of imide groups is 1. The number of nitroso groups, excluding NO2 is 1. The highest BCUT2D eigenvalue weighted by molar-refractivity contribution is 6.18. The monoisotopic (exact) mass is 229 g/mol. The molecule has 0 radical (unpaired) electrons. The number of amides is 3. The smallest absolute Gasteiger partial charge is 0.392 e. The molecule has 88 valence electrons. The summed E-state index contributed by atoms with van der Waals surface area (Å²) < 4.78 is 0. The Kier molecular flexibility index (Phi) is 3.67. The minimum absolute atomic E-state index is 0.0946. The second-order valence-corrected chi connectivity index (χ2v) is 3.28. The van der Waals surface area contributed by atoms with Crippen LogP contribution < -0.4 is 4.99 Å². The molecule has 0 aromatic heterocycles. The van der Waals surface area contributed by atoms with Crippen LogP contribution in [-0.2, 0) is 4.79 Å². The summed E-state index contributed by atoms with van der Waals surface area (Å²) in [6.07, 6.45) is 0. The molecule has 1 atom stereocenters. The van der Waals surface area contributed by atoms with Crippen LogP contribution in [0.4, 0.5) is 4.79 Å². The van der Waals surface area contributed by atoms with Crippen LogP contribution >= 0.6 is 0 Å². The van der Waals surface area contributed by atoms with Crippen molar-refractivity contribution in [2.24, 2.45) is 5.18 Å². The van der Waals surface area contributed by atoms with Crippen molar-refractivity contribution in [1.29, 1.82) is 0 Å². The Bertz CT molecular complexity index is 354. The van der Waals surface area contributed by atoms with E-state index in [9.17, 15) is 14.5 Å². The molecule has 0 aromatic carbocycles. The van der Waals surface area contributed by atoms with Gasteiger partial charge in [-0.3, -0.25) is 9.79 Å². The molecule has 0 aromatic rings. The molecule has 1 fully saturated rings. The predicted molar refractivity (Wildman–Crippen MR) is 53.4 cm³/mol. The summed E-state index contributed by atoms with van der Waals surface area (Å²) in [5.41, 5.74) is 0. The Morgan fingerprint density at radius 2 is 2.00 bits per heavy atom. The topological polar surface area (TPSA) is 104 Å². The first kappa shape index (κ1) is 12.2. The maximum Gasteiger partial charge on any atom is 0.417 e. The van der Waals surface area contributed by atoms with Gasteiger partial charge < -0.3 is 5.11 Å². The van der Waals surface area contributed by atoms with Crippen molar-refractivity contribution in [3.63, 3.8) is 0 Å². The summed E-state index contributed by atoms with van der Waals surface area (Å²) >= 11 is 0. The average molecular weight is 229 g/mol. The lowest BCUT2D eigenvalue weighted by Gasteiger charge is -2.26. The van der Waals surface area contributed by atoms with Crippen molar-refractivity contribution in [3.05, 3.63) is 4.91 Å². The van der Waals surface area contributed by atoms with E-state index in [1.165, 1.54) is 14.1 Å². The van der Waals surface area contributed by atoms with Gasteiger partial charge in [0, 0.05) is 7.05 Å². The molecule has 3 amide bonds. The standard InChI is InChI=1S/C8H12N4O4/c1-11-6(9-3-4-13)5(10-16)7(14)12(2)8(11)15/h5,13H,3-4H2,1-2H3/p+1. The van der Waals surface area contributed by atoms with E-state index >= 15 is 0 Å². The SMILES string of the molecule is CN1C(=O)C(N=O)C(=[NH+]CCO)N(C)C1=O. The van der Waals surface area contributed by atoms with Crippen LogP contribution in [0.2, 0.25) is 0 Å². The van der Waals surface area contributed by atoms with E-state index in [1.807, 2.05) is 0 Å². The average Bonchev–Trinajstić information content (AvgIpc) is 2.29. The van der Waals surface area contributed by atoms with Gasteiger partial charge >= 0.3 is 6.03 Å². The fourth-order valence-electron chi connectivity index (χ4n) is 1.40. The molecule has 8 heteroatoms. The summed E-state index contributed by atoms with van der Waals surface area (Å²) in [6, 6.07) is -1.82. The van der Waals surface area contributed by atoms with Crippen molar-refractivity contribution in [3.8, 4) is 0 Å². The van der Waals surface area contributed by atoms with E-state index in [2.05, 4.69) is 10.2 Å². The van der Waals surface area contributed by atoms with Gasteiger partial charge in [-0.15, -0.1) is 4.91 Å². The van der Waals surface area contributed by atoms with Gasteiger partial charge in [0.25, 0.3) is 17.8 Å². The number of urea groups is 1. The van der Waals surface area contributed by atoms with Gasteiger partial charge in [0.15, 0.2) is 0 Å². The summed E-state index contributed by atoms with van der Waals surface area (Å²) in [5.74, 6) is -0.587. The van der Waals surface area contributed by atoms with Crippen LogP contribution in [0.5, 0.6) is 0 Å². The van der Waals surface area contributed by atoms with Crippen molar-refractivity contribution < 1.29 is 19.7 Å². The number of likely N-dealkylation sites (N-methyl/N-ethyl adjacent to an activating group) is 2.